The molecule has 2 aromatic carbocycles. The van der Waals surface area contributed by atoms with Gasteiger partial charge >= 0.3 is 0 Å². The zero-order valence-corrected chi connectivity index (χ0v) is 18.6. The molecule has 2 fully saturated rings. The molecule has 2 aliphatic rings. The lowest BCUT2D eigenvalue weighted by atomic mass is 9.49. The molecule has 158 valence electrons. The topological polar surface area (TPSA) is 32.3 Å². The highest BCUT2D eigenvalue weighted by atomic mass is 32.1. The Balaban J connectivity index is 1.18. The van der Waals surface area contributed by atoms with Crippen molar-refractivity contribution in [3.8, 4) is 11.1 Å². The average molecular weight is 428 g/mol. The van der Waals surface area contributed by atoms with E-state index in [1.165, 1.54) is 40.7 Å². The molecule has 2 nitrogen and oxygen atoms in total. The van der Waals surface area contributed by atoms with Gasteiger partial charge in [0.05, 0.1) is 5.76 Å². The molecular formula is C28H29NOS. The molecule has 0 radical (unpaired) electrons. The number of benzene rings is 2. The van der Waals surface area contributed by atoms with Crippen molar-refractivity contribution in [1.82, 2.24) is 5.32 Å². The Bertz CT molecular complexity index is 1080. The first kappa shape index (κ1) is 20.1. The summed E-state index contributed by atoms with van der Waals surface area (Å²) in [5, 5.41) is 17.7. The van der Waals surface area contributed by atoms with Gasteiger partial charge in [-0.25, -0.2) is 0 Å². The van der Waals surface area contributed by atoms with Crippen LogP contribution in [-0.4, -0.2) is 11.1 Å². The van der Waals surface area contributed by atoms with Gasteiger partial charge < -0.3 is 10.4 Å². The first-order valence-corrected chi connectivity index (χ1v) is 12.0. The molecule has 1 aromatic heterocycles. The minimum atomic E-state index is 0.320. The second-order valence-corrected chi connectivity index (χ2v) is 10.1. The molecule has 0 saturated heterocycles. The molecule has 3 aromatic rings. The van der Waals surface area contributed by atoms with E-state index >= 15 is 0 Å². The molecule has 0 atom stereocenters. The van der Waals surface area contributed by atoms with Gasteiger partial charge in [-0.05, 0) is 65.2 Å². The maximum atomic E-state index is 9.56. The summed E-state index contributed by atoms with van der Waals surface area (Å²) < 4.78 is 0. The third kappa shape index (κ3) is 4.07. The third-order valence-corrected chi connectivity index (χ3v) is 7.88. The fraction of sp³-hybridized carbons (Fsp3) is 0.286. The highest BCUT2D eigenvalue weighted by Crippen LogP contribution is 2.60. The molecule has 1 heterocycles. The van der Waals surface area contributed by atoms with Gasteiger partial charge in [0.25, 0.3) is 0 Å². The Hall–Kier alpha value is -2.78. The van der Waals surface area contributed by atoms with Crippen LogP contribution in [0, 0.1) is 11.3 Å². The number of aliphatic hydroxyl groups is 1. The lowest BCUT2D eigenvalue weighted by molar-refractivity contribution is -0.0434. The first-order chi connectivity index (χ1) is 15.0. The zero-order chi connectivity index (χ0) is 21.4. The molecule has 5 rings (SSSR count). The number of nitrogens with one attached hydrogen (secondary N) is 1. The minimum absolute atomic E-state index is 0.320. The second-order valence-electron chi connectivity index (χ2n) is 9.37. The Labute approximate surface area is 189 Å². The molecule has 3 heteroatoms. The van der Waals surface area contributed by atoms with Crippen molar-refractivity contribution >= 4 is 17.0 Å². The van der Waals surface area contributed by atoms with Crippen molar-refractivity contribution in [1.29, 1.82) is 0 Å². The molecule has 2 aliphatic carbocycles. The van der Waals surface area contributed by atoms with Crippen molar-refractivity contribution < 1.29 is 5.11 Å². The number of rotatable bonds is 7. The van der Waals surface area contributed by atoms with Gasteiger partial charge in [0.1, 0.15) is 0 Å². The van der Waals surface area contributed by atoms with Crippen molar-refractivity contribution in [3.63, 3.8) is 0 Å². The van der Waals surface area contributed by atoms with Crippen LogP contribution >= 0.6 is 11.3 Å². The van der Waals surface area contributed by atoms with Crippen molar-refractivity contribution in [2.75, 3.05) is 0 Å². The summed E-state index contributed by atoms with van der Waals surface area (Å²) in [5.41, 5.74) is 7.88. The quantitative estimate of drug-likeness (QED) is 0.391. The molecule has 0 amide bonds. The van der Waals surface area contributed by atoms with Gasteiger partial charge in [-0.3, -0.25) is 0 Å². The maximum absolute atomic E-state index is 9.56. The van der Waals surface area contributed by atoms with Crippen LogP contribution in [0.1, 0.15) is 42.4 Å². The summed E-state index contributed by atoms with van der Waals surface area (Å²) in [5.74, 6) is 0.687. The SMILES string of the molecule is C=C(NC1CC2(C1)CC(C(=C)O)C2)c1cscc1Cc1ccc(-c2ccccc2)cc1. The number of aliphatic hydroxyl groups excluding tert-OH is 1. The third-order valence-electron chi connectivity index (χ3n) is 7.09. The number of hydrogen-bond donors (Lipinski definition) is 2. The Kier molecular flexibility index (Phi) is 5.23. The molecule has 0 bridgehead atoms. The molecule has 1 spiro atoms. The lowest BCUT2D eigenvalue weighted by Gasteiger charge is -2.58. The molecular weight excluding hydrogens is 398 g/mol. The van der Waals surface area contributed by atoms with E-state index in [9.17, 15) is 5.11 Å². The van der Waals surface area contributed by atoms with E-state index < -0.39 is 0 Å². The van der Waals surface area contributed by atoms with E-state index in [1.807, 2.05) is 0 Å². The van der Waals surface area contributed by atoms with Crippen LogP contribution in [0.5, 0.6) is 0 Å². The number of allylic oxidation sites excluding steroid dienone is 1. The summed E-state index contributed by atoms with van der Waals surface area (Å²) in [6, 6.07) is 19.9. The van der Waals surface area contributed by atoms with Crippen LogP contribution < -0.4 is 5.32 Å². The molecule has 2 N–H and O–H groups in total. The van der Waals surface area contributed by atoms with E-state index in [0.717, 1.165) is 25.0 Å². The van der Waals surface area contributed by atoms with E-state index in [2.05, 4.69) is 83.8 Å². The van der Waals surface area contributed by atoms with Crippen LogP contribution in [-0.2, 0) is 6.42 Å². The monoisotopic (exact) mass is 427 g/mol. The summed E-state index contributed by atoms with van der Waals surface area (Å²) >= 11 is 1.75. The first-order valence-electron chi connectivity index (χ1n) is 11.0. The average Bonchev–Trinajstić information content (AvgIpc) is 3.18. The minimum Gasteiger partial charge on any atom is -0.513 e. The zero-order valence-electron chi connectivity index (χ0n) is 17.8. The Morgan fingerprint density at radius 1 is 0.935 bits per heavy atom. The summed E-state index contributed by atoms with van der Waals surface area (Å²) in [7, 11) is 0. The predicted octanol–water partition coefficient (Wildman–Crippen LogP) is 7.20. The van der Waals surface area contributed by atoms with Gasteiger partial charge in [-0.2, -0.15) is 11.3 Å². The van der Waals surface area contributed by atoms with Gasteiger partial charge in [-0.1, -0.05) is 67.8 Å². The standard InChI is InChI=1S/C28H29NOS/c1-19(29-26-15-28(16-26)13-25(14-28)20(2)30)27-18-31-17-24(27)12-21-8-10-23(11-9-21)22-6-4-3-5-7-22/h3-11,17-18,25-26,29-30H,1-2,12-16H2. The van der Waals surface area contributed by atoms with E-state index in [0.29, 0.717) is 23.1 Å². The highest BCUT2D eigenvalue weighted by molar-refractivity contribution is 7.08. The maximum Gasteiger partial charge on any atom is 0.0882 e. The van der Waals surface area contributed by atoms with E-state index in [1.54, 1.807) is 11.3 Å². The normalized spacial score (nSPS) is 24.3. The largest absolute Gasteiger partial charge is 0.513 e. The lowest BCUT2D eigenvalue weighted by Crippen LogP contribution is -2.54. The van der Waals surface area contributed by atoms with Crippen LogP contribution in [0.3, 0.4) is 0 Å². The van der Waals surface area contributed by atoms with Crippen LogP contribution in [0.15, 0.2) is 84.3 Å². The fourth-order valence-electron chi connectivity index (χ4n) is 5.36. The molecule has 2 saturated carbocycles. The van der Waals surface area contributed by atoms with E-state index in [4.69, 9.17) is 0 Å². The number of thiophene rings is 1. The van der Waals surface area contributed by atoms with Crippen molar-refractivity contribution in [3.05, 3.63) is 101 Å². The summed E-state index contributed by atoms with van der Waals surface area (Å²) in [6.45, 7) is 8.04. The van der Waals surface area contributed by atoms with Gasteiger partial charge in [0.15, 0.2) is 0 Å². The smallest absolute Gasteiger partial charge is 0.0882 e. The Morgan fingerprint density at radius 3 is 2.29 bits per heavy atom. The predicted molar refractivity (Wildman–Crippen MR) is 131 cm³/mol. The fourth-order valence-corrected chi connectivity index (χ4v) is 6.23. The highest BCUT2D eigenvalue weighted by Gasteiger charge is 2.53. The van der Waals surface area contributed by atoms with Crippen LogP contribution in [0.2, 0.25) is 0 Å². The summed E-state index contributed by atoms with van der Waals surface area (Å²) in [6.07, 6.45) is 5.46. The molecule has 0 unspecified atom stereocenters. The van der Waals surface area contributed by atoms with E-state index in [-0.39, 0.29) is 0 Å². The van der Waals surface area contributed by atoms with Crippen molar-refractivity contribution in [2.45, 2.75) is 38.1 Å². The molecule has 31 heavy (non-hydrogen) atoms. The Morgan fingerprint density at radius 2 is 1.61 bits per heavy atom. The van der Waals surface area contributed by atoms with Crippen LogP contribution in [0.25, 0.3) is 16.8 Å². The van der Waals surface area contributed by atoms with Crippen molar-refractivity contribution in [2.24, 2.45) is 11.3 Å². The van der Waals surface area contributed by atoms with Crippen LogP contribution in [0.4, 0.5) is 0 Å². The number of hydrogen-bond acceptors (Lipinski definition) is 3. The van der Waals surface area contributed by atoms with Gasteiger partial charge in [-0.15, -0.1) is 0 Å². The summed E-state index contributed by atoms with van der Waals surface area (Å²) in [4.78, 5) is 0. The molecule has 0 aliphatic heterocycles. The van der Waals surface area contributed by atoms with Gasteiger partial charge in [0, 0.05) is 28.6 Å². The second kappa shape index (κ2) is 8.05. The van der Waals surface area contributed by atoms with Gasteiger partial charge in [0.2, 0.25) is 0 Å².